The molecule has 0 unspecified atom stereocenters. The first-order valence-corrected chi connectivity index (χ1v) is 4.21. The molecule has 0 aliphatic rings. The molecule has 1 aromatic rings. The highest BCUT2D eigenvalue weighted by Crippen LogP contribution is 2.02. The van der Waals surface area contributed by atoms with Gasteiger partial charge in [0.05, 0.1) is 0 Å². The van der Waals surface area contributed by atoms with Crippen LogP contribution in [0.25, 0.3) is 0 Å². The molecule has 4 N–H and O–H groups in total. The lowest BCUT2D eigenvalue weighted by Crippen LogP contribution is -1.81. The number of anilines is 1. The van der Waals surface area contributed by atoms with Gasteiger partial charge in [0.25, 0.3) is 11.4 Å². The Morgan fingerprint density at radius 2 is 1.58 bits per heavy atom. The number of nitrogen functional groups attached to an aromatic ring is 1. The highest BCUT2D eigenvalue weighted by molar-refractivity contribution is 7.73. The second-order valence-electron chi connectivity index (χ2n) is 2.14. The lowest BCUT2D eigenvalue weighted by Gasteiger charge is -1.90. The van der Waals surface area contributed by atoms with E-state index in [1.807, 2.05) is 31.2 Å². The third-order valence-electron chi connectivity index (χ3n) is 1.08. The number of rotatable bonds is 0. The van der Waals surface area contributed by atoms with Gasteiger partial charge >= 0.3 is 0 Å². The number of hydrogen-bond acceptors (Lipinski definition) is 2. The van der Waals surface area contributed by atoms with E-state index in [1.165, 1.54) is 5.56 Å². The van der Waals surface area contributed by atoms with E-state index in [9.17, 15) is 0 Å². The van der Waals surface area contributed by atoms with Crippen molar-refractivity contribution in [2.75, 3.05) is 5.73 Å². The zero-order valence-corrected chi connectivity index (χ0v) is 7.41. The van der Waals surface area contributed by atoms with E-state index in [-0.39, 0.29) is 0 Å². The van der Waals surface area contributed by atoms with Gasteiger partial charge in [0, 0.05) is 5.69 Å². The lowest BCUT2D eigenvalue weighted by atomic mass is 10.2. The van der Waals surface area contributed by atoms with Gasteiger partial charge in [-0.2, -0.15) is 4.21 Å². The van der Waals surface area contributed by atoms with Crippen LogP contribution in [0.5, 0.6) is 0 Å². The average molecular weight is 189 g/mol. The minimum Gasteiger partial charge on any atom is -0.399 e. The fourth-order valence-electron chi connectivity index (χ4n) is 0.566. The Labute approximate surface area is 73.5 Å². The zero-order chi connectivity index (χ0) is 9.56. The van der Waals surface area contributed by atoms with E-state index in [0.29, 0.717) is 0 Å². The van der Waals surface area contributed by atoms with Crippen LogP contribution >= 0.6 is 0 Å². The first-order chi connectivity index (χ1) is 5.52. The Morgan fingerprint density at radius 3 is 1.83 bits per heavy atom. The van der Waals surface area contributed by atoms with Gasteiger partial charge in [0.2, 0.25) is 0 Å². The van der Waals surface area contributed by atoms with Crippen LogP contribution in [0.2, 0.25) is 0 Å². The van der Waals surface area contributed by atoms with Crippen molar-refractivity contribution in [2.24, 2.45) is 0 Å². The molecular formula is C7H11NO3S. The van der Waals surface area contributed by atoms with Crippen LogP contribution in [0, 0.1) is 6.92 Å². The highest BCUT2D eigenvalue weighted by atomic mass is 32.2. The summed E-state index contributed by atoms with van der Waals surface area (Å²) in [5.41, 5.74) is 7.51. The number of aryl methyl sites for hydroxylation is 1. The van der Waals surface area contributed by atoms with Gasteiger partial charge in [-0.3, -0.25) is 9.11 Å². The monoisotopic (exact) mass is 189 g/mol. The van der Waals surface area contributed by atoms with Crippen LogP contribution in [-0.2, 0) is 11.4 Å². The SMILES string of the molecule is Cc1ccc(N)cc1.O=S(O)O. The Bertz CT molecular complexity index is 222. The van der Waals surface area contributed by atoms with Crippen molar-refractivity contribution in [3.05, 3.63) is 29.8 Å². The molecule has 0 spiro atoms. The second-order valence-corrected chi connectivity index (χ2v) is 2.60. The van der Waals surface area contributed by atoms with Crippen LogP contribution in [0.1, 0.15) is 5.56 Å². The molecule has 0 aliphatic carbocycles. The molecule has 0 fully saturated rings. The van der Waals surface area contributed by atoms with Gasteiger partial charge in [0.15, 0.2) is 0 Å². The van der Waals surface area contributed by atoms with Crippen LogP contribution in [-0.4, -0.2) is 13.3 Å². The zero-order valence-electron chi connectivity index (χ0n) is 6.60. The van der Waals surface area contributed by atoms with E-state index >= 15 is 0 Å². The van der Waals surface area contributed by atoms with Crippen molar-refractivity contribution in [2.45, 2.75) is 6.92 Å². The van der Waals surface area contributed by atoms with Gasteiger partial charge in [-0.25, -0.2) is 0 Å². The molecule has 1 rings (SSSR count). The Balaban J connectivity index is 0.000000261. The van der Waals surface area contributed by atoms with E-state index in [0.717, 1.165) is 5.69 Å². The fraction of sp³-hybridized carbons (Fsp3) is 0.143. The van der Waals surface area contributed by atoms with Gasteiger partial charge < -0.3 is 5.73 Å². The molecular weight excluding hydrogens is 178 g/mol. The van der Waals surface area contributed by atoms with Crippen LogP contribution in [0.15, 0.2) is 24.3 Å². The maximum absolute atomic E-state index is 8.67. The number of nitrogens with two attached hydrogens (primary N) is 1. The summed E-state index contributed by atoms with van der Waals surface area (Å²) in [6.45, 7) is 2.04. The molecule has 12 heavy (non-hydrogen) atoms. The summed E-state index contributed by atoms with van der Waals surface area (Å²) in [6, 6.07) is 7.79. The van der Waals surface area contributed by atoms with Crippen molar-refractivity contribution >= 4 is 17.0 Å². The molecule has 0 radical (unpaired) electrons. The molecule has 1 aromatic carbocycles. The first kappa shape index (κ1) is 11.1. The van der Waals surface area contributed by atoms with Crippen molar-refractivity contribution in [1.82, 2.24) is 0 Å². The summed E-state index contributed by atoms with van der Waals surface area (Å²) in [5, 5.41) is 0. The van der Waals surface area contributed by atoms with E-state index in [2.05, 4.69) is 0 Å². The van der Waals surface area contributed by atoms with Crippen LogP contribution in [0.4, 0.5) is 5.69 Å². The molecule has 0 atom stereocenters. The molecule has 0 saturated carbocycles. The van der Waals surface area contributed by atoms with Crippen LogP contribution < -0.4 is 5.73 Å². The van der Waals surface area contributed by atoms with Gasteiger partial charge in [-0.15, -0.1) is 0 Å². The molecule has 0 amide bonds. The molecule has 0 bridgehead atoms. The minimum atomic E-state index is -2.61. The third kappa shape index (κ3) is 7.20. The summed E-state index contributed by atoms with van der Waals surface area (Å²) >= 11 is -2.61. The lowest BCUT2D eigenvalue weighted by molar-refractivity contribution is 0.454. The second kappa shape index (κ2) is 5.70. The molecule has 0 aliphatic heterocycles. The molecule has 0 heterocycles. The smallest absolute Gasteiger partial charge is 0.299 e. The maximum atomic E-state index is 8.67. The molecule has 68 valence electrons. The van der Waals surface area contributed by atoms with E-state index in [4.69, 9.17) is 19.0 Å². The molecule has 5 heteroatoms. The topological polar surface area (TPSA) is 83.6 Å². The average Bonchev–Trinajstić information content (AvgIpc) is 1.94. The van der Waals surface area contributed by atoms with E-state index in [1.54, 1.807) is 0 Å². The van der Waals surface area contributed by atoms with Crippen LogP contribution in [0.3, 0.4) is 0 Å². The van der Waals surface area contributed by atoms with E-state index < -0.39 is 11.4 Å². The first-order valence-electron chi connectivity index (χ1n) is 3.14. The largest absolute Gasteiger partial charge is 0.399 e. The Kier molecular flexibility index (Phi) is 5.27. The fourth-order valence-corrected chi connectivity index (χ4v) is 0.566. The predicted molar refractivity (Wildman–Crippen MR) is 49.0 cm³/mol. The van der Waals surface area contributed by atoms with Crippen molar-refractivity contribution < 1.29 is 13.3 Å². The third-order valence-corrected chi connectivity index (χ3v) is 1.08. The number of hydrogen-bond donors (Lipinski definition) is 3. The summed E-state index contributed by atoms with van der Waals surface area (Å²) in [4.78, 5) is 0. The summed E-state index contributed by atoms with van der Waals surface area (Å²) < 4.78 is 22.8. The maximum Gasteiger partial charge on any atom is 0.299 e. The Morgan fingerprint density at radius 1 is 1.25 bits per heavy atom. The predicted octanol–water partition coefficient (Wildman–Crippen LogP) is 1.26. The summed E-state index contributed by atoms with van der Waals surface area (Å²) in [6.07, 6.45) is 0. The van der Waals surface area contributed by atoms with Crippen molar-refractivity contribution in [3.8, 4) is 0 Å². The quantitative estimate of drug-likeness (QED) is 0.423. The highest BCUT2D eigenvalue weighted by Gasteiger charge is 1.80. The van der Waals surface area contributed by atoms with Crippen molar-refractivity contribution in [3.63, 3.8) is 0 Å². The minimum absolute atomic E-state index is 0.829. The Hall–Kier alpha value is -0.910. The van der Waals surface area contributed by atoms with Gasteiger partial charge in [-0.05, 0) is 19.1 Å². The van der Waals surface area contributed by atoms with Crippen molar-refractivity contribution in [1.29, 1.82) is 0 Å². The standard InChI is InChI=1S/C7H9N.H2O3S/c1-6-2-4-7(8)5-3-6;1-4(2)3/h2-5H,8H2,1H3;(H2,1,2,3). The molecule has 0 saturated heterocycles. The summed E-state index contributed by atoms with van der Waals surface area (Å²) in [7, 11) is 0. The summed E-state index contributed by atoms with van der Waals surface area (Å²) in [5.74, 6) is 0. The van der Waals surface area contributed by atoms with Gasteiger partial charge in [-0.1, -0.05) is 17.7 Å². The number of benzene rings is 1. The van der Waals surface area contributed by atoms with Gasteiger partial charge in [0.1, 0.15) is 0 Å². The molecule has 4 nitrogen and oxygen atoms in total. The normalized spacial score (nSPS) is 9.00. The molecule has 0 aromatic heterocycles.